The molecule has 0 fully saturated rings. The summed E-state index contributed by atoms with van der Waals surface area (Å²) >= 11 is 6.23. The minimum Gasteiger partial charge on any atom is -0.495 e. The van der Waals surface area contributed by atoms with Crippen LogP contribution in [-0.2, 0) is 4.74 Å². The van der Waals surface area contributed by atoms with Crippen molar-refractivity contribution in [2.75, 3.05) is 12.4 Å². The highest BCUT2D eigenvalue weighted by Gasteiger charge is 2.21. The molecule has 0 bridgehead atoms. The number of aryl methyl sites for hydroxylation is 1. The van der Waals surface area contributed by atoms with E-state index < -0.39 is 17.3 Å². The second-order valence-electron chi connectivity index (χ2n) is 6.84. The first kappa shape index (κ1) is 20.3. The molecule has 0 aliphatic carbocycles. The van der Waals surface area contributed by atoms with E-state index in [0.717, 1.165) is 0 Å². The Kier molecular flexibility index (Phi) is 5.82. The Morgan fingerprint density at radius 2 is 1.93 bits per heavy atom. The molecule has 0 aliphatic heterocycles. The van der Waals surface area contributed by atoms with Crippen molar-refractivity contribution in [1.29, 1.82) is 5.26 Å². The van der Waals surface area contributed by atoms with Gasteiger partial charge in [-0.25, -0.2) is 4.79 Å². The Balaban J connectivity index is 2.67. The molecule has 2 rings (SSSR count). The number of halogens is 1. The molecule has 1 amide bonds. The number of rotatable bonds is 3. The van der Waals surface area contributed by atoms with E-state index in [2.05, 4.69) is 10.3 Å². The van der Waals surface area contributed by atoms with Gasteiger partial charge in [-0.1, -0.05) is 11.6 Å². The van der Waals surface area contributed by atoms with Crippen molar-refractivity contribution in [3.8, 4) is 22.9 Å². The number of aromatic nitrogens is 1. The third kappa shape index (κ3) is 4.80. The number of carbonyl (C=O) groups is 1. The number of aromatic amines is 1. The van der Waals surface area contributed by atoms with Gasteiger partial charge in [0.05, 0.1) is 17.8 Å². The van der Waals surface area contributed by atoms with Gasteiger partial charge in [0, 0.05) is 22.9 Å². The van der Waals surface area contributed by atoms with Crippen LogP contribution in [0.25, 0.3) is 11.1 Å². The van der Waals surface area contributed by atoms with Crippen molar-refractivity contribution in [2.24, 2.45) is 0 Å². The van der Waals surface area contributed by atoms with Crippen LogP contribution in [0.1, 0.15) is 32.0 Å². The van der Waals surface area contributed by atoms with Gasteiger partial charge in [0.2, 0.25) is 0 Å². The van der Waals surface area contributed by atoms with Crippen molar-refractivity contribution in [3.63, 3.8) is 0 Å². The molecule has 27 heavy (non-hydrogen) atoms. The summed E-state index contributed by atoms with van der Waals surface area (Å²) in [7, 11) is 1.44. The molecule has 7 nitrogen and oxygen atoms in total. The lowest BCUT2D eigenvalue weighted by molar-refractivity contribution is 0.0636. The largest absolute Gasteiger partial charge is 0.495 e. The maximum absolute atomic E-state index is 12.2. The number of benzene rings is 1. The SMILES string of the molecule is COc1cc(NC(=O)OC(C)(C)C)c(-c2cc(C)[nH]c(=O)c2C#N)cc1Cl. The molecule has 2 aromatic rings. The third-order valence-corrected chi connectivity index (χ3v) is 3.79. The van der Waals surface area contributed by atoms with Crippen molar-refractivity contribution >= 4 is 23.4 Å². The molecule has 8 heteroatoms. The predicted octanol–water partition coefficient (Wildman–Crippen LogP) is 4.23. The molecule has 0 saturated heterocycles. The number of nitriles is 1. The van der Waals surface area contributed by atoms with Gasteiger partial charge >= 0.3 is 6.09 Å². The summed E-state index contributed by atoms with van der Waals surface area (Å²) in [6.45, 7) is 6.91. The molecular formula is C19H20ClN3O4. The molecule has 0 atom stereocenters. The van der Waals surface area contributed by atoms with Crippen LogP contribution in [0.3, 0.4) is 0 Å². The van der Waals surface area contributed by atoms with Crippen molar-refractivity contribution in [1.82, 2.24) is 4.98 Å². The van der Waals surface area contributed by atoms with Gasteiger partial charge in [0.15, 0.2) is 0 Å². The number of nitrogens with zero attached hydrogens (tertiary/aromatic N) is 1. The molecule has 0 radical (unpaired) electrons. The quantitative estimate of drug-likeness (QED) is 0.817. The van der Waals surface area contributed by atoms with Crippen LogP contribution in [0, 0.1) is 18.3 Å². The Hall–Kier alpha value is -2.98. The summed E-state index contributed by atoms with van der Waals surface area (Å²) in [5, 5.41) is 12.3. The molecular weight excluding hydrogens is 370 g/mol. The molecule has 0 spiro atoms. The molecule has 142 valence electrons. The van der Waals surface area contributed by atoms with Gasteiger partial charge in [-0.2, -0.15) is 5.26 Å². The lowest BCUT2D eigenvalue weighted by atomic mass is 9.99. The topological polar surface area (TPSA) is 104 Å². The van der Waals surface area contributed by atoms with E-state index in [0.29, 0.717) is 28.3 Å². The number of carbonyl (C=O) groups excluding carboxylic acids is 1. The fourth-order valence-corrected chi connectivity index (χ4v) is 2.70. The average molecular weight is 390 g/mol. The maximum Gasteiger partial charge on any atom is 0.412 e. The first-order valence-electron chi connectivity index (χ1n) is 8.07. The molecule has 1 aromatic carbocycles. The van der Waals surface area contributed by atoms with Gasteiger partial charge in [-0.15, -0.1) is 0 Å². The number of ether oxygens (including phenoxy) is 2. The number of hydrogen-bond acceptors (Lipinski definition) is 5. The zero-order valence-electron chi connectivity index (χ0n) is 15.7. The monoisotopic (exact) mass is 389 g/mol. The average Bonchev–Trinajstić information content (AvgIpc) is 2.53. The smallest absolute Gasteiger partial charge is 0.412 e. The number of H-pyrrole nitrogens is 1. The van der Waals surface area contributed by atoms with E-state index in [1.54, 1.807) is 33.8 Å². The van der Waals surface area contributed by atoms with Gasteiger partial charge in [0.25, 0.3) is 5.56 Å². The minimum atomic E-state index is -0.695. The first-order chi connectivity index (χ1) is 12.6. The summed E-state index contributed by atoms with van der Waals surface area (Å²) in [6.07, 6.45) is -0.687. The molecule has 1 aromatic heterocycles. The Morgan fingerprint density at radius 3 is 2.48 bits per heavy atom. The van der Waals surface area contributed by atoms with Crippen LogP contribution in [0.15, 0.2) is 23.0 Å². The second-order valence-corrected chi connectivity index (χ2v) is 7.25. The predicted molar refractivity (Wildman–Crippen MR) is 103 cm³/mol. The zero-order chi connectivity index (χ0) is 20.4. The lowest BCUT2D eigenvalue weighted by Crippen LogP contribution is -2.27. The van der Waals surface area contributed by atoms with Crippen LogP contribution in [0.4, 0.5) is 10.5 Å². The Labute approximate surface area is 161 Å². The maximum atomic E-state index is 12.2. The van der Waals surface area contributed by atoms with E-state index in [9.17, 15) is 14.9 Å². The van der Waals surface area contributed by atoms with E-state index in [-0.39, 0.29) is 10.6 Å². The van der Waals surface area contributed by atoms with E-state index in [1.807, 2.05) is 6.07 Å². The van der Waals surface area contributed by atoms with Gasteiger partial charge < -0.3 is 14.5 Å². The van der Waals surface area contributed by atoms with E-state index in [1.165, 1.54) is 19.2 Å². The third-order valence-electron chi connectivity index (χ3n) is 3.50. The second kappa shape index (κ2) is 7.72. The highest BCUT2D eigenvalue weighted by atomic mass is 35.5. The number of hydrogen-bond donors (Lipinski definition) is 2. The normalized spacial score (nSPS) is 10.9. The van der Waals surface area contributed by atoms with Gasteiger partial charge in [-0.05, 0) is 39.8 Å². The molecule has 0 saturated carbocycles. The number of anilines is 1. The summed E-state index contributed by atoms with van der Waals surface area (Å²) < 4.78 is 10.5. The fourth-order valence-electron chi connectivity index (χ4n) is 2.46. The van der Waals surface area contributed by atoms with Crippen molar-refractivity contribution < 1.29 is 14.3 Å². The van der Waals surface area contributed by atoms with Crippen LogP contribution in [0.2, 0.25) is 5.02 Å². The number of pyridine rings is 1. The molecule has 0 aliphatic rings. The van der Waals surface area contributed by atoms with Crippen molar-refractivity contribution in [2.45, 2.75) is 33.3 Å². The van der Waals surface area contributed by atoms with Gasteiger partial charge in [0.1, 0.15) is 23.0 Å². The standard InChI is InChI=1S/C19H20ClN3O4/c1-10-6-11(13(9-21)17(24)22-10)12-7-14(20)16(26-5)8-15(12)23-18(25)27-19(2,3)4/h6-8H,1-5H3,(H,22,24)(H,23,25). The lowest BCUT2D eigenvalue weighted by Gasteiger charge is -2.21. The highest BCUT2D eigenvalue weighted by molar-refractivity contribution is 6.32. The number of methoxy groups -OCH3 is 1. The molecule has 0 unspecified atom stereocenters. The van der Waals surface area contributed by atoms with E-state index in [4.69, 9.17) is 21.1 Å². The van der Waals surface area contributed by atoms with E-state index >= 15 is 0 Å². The zero-order valence-corrected chi connectivity index (χ0v) is 16.4. The van der Waals surface area contributed by atoms with Crippen molar-refractivity contribution in [3.05, 3.63) is 44.8 Å². The Morgan fingerprint density at radius 1 is 1.26 bits per heavy atom. The summed E-state index contributed by atoms with van der Waals surface area (Å²) in [5.74, 6) is 0.326. The first-order valence-corrected chi connectivity index (χ1v) is 8.45. The van der Waals surface area contributed by atoms with Crippen LogP contribution >= 0.6 is 11.6 Å². The summed E-state index contributed by atoms with van der Waals surface area (Å²) in [4.78, 5) is 27.0. The van der Waals surface area contributed by atoms with Crippen LogP contribution < -0.4 is 15.6 Å². The summed E-state index contributed by atoms with van der Waals surface area (Å²) in [5.41, 5.74) is 0.290. The van der Waals surface area contributed by atoms with Crippen LogP contribution in [0.5, 0.6) is 5.75 Å². The summed E-state index contributed by atoms with van der Waals surface area (Å²) in [6, 6.07) is 6.57. The fraction of sp³-hybridized carbons (Fsp3) is 0.316. The molecule has 1 heterocycles. The van der Waals surface area contributed by atoms with Gasteiger partial charge in [-0.3, -0.25) is 10.1 Å². The minimum absolute atomic E-state index is 0.0888. The highest BCUT2D eigenvalue weighted by Crippen LogP contribution is 2.38. The van der Waals surface area contributed by atoms with Crippen LogP contribution in [-0.4, -0.2) is 23.8 Å². The number of nitrogens with one attached hydrogen (secondary N) is 2. The molecule has 2 N–H and O–H groups in total. The number of amides is 1. The Bertz CT molecular complexity index is 984.